The molecule has 1 amide bonds. The zero-order chi connectivity index (χ0) is 18.2. The Morgan fingerprint density at radius 2 is 1.62 bits per heavy atom. The number of carbonyl (C=O) groups is 1. The van der Waals surface area contributed by atoms with Crippen molar-refractivity contribution in [1.82, 2.24) is 0 Å². The first kappa shape index (κ1) is 18.6. The number of quaternary nitrogens is 1. The predicted molar refractivity (Wildman–Crippen MR) is 83.2 cm³/mol. The molecule has 4 nitrogen and oxygen atoms in total. The Balaban J connectivity index is 2.02. The minimum absolute atomic E-state index is 0.0367. The van der Waals surface area contributed by atoms with Crippen molar-refractivity contribution in [3.8, 4) is 0 Å². The normalized spacial score (nSPS) is 25.3. The lowest BCUT2D eigenvalue weighted by Gasteiger charge is -2.51. The van der Waals surface area contributed by atoms with Crippen LogP contribution in [0.2, 0.25) is 0 Å². The molecule has 0 aromatic heterocycles. The van der Waals surface area contributed by atoms with Gasteiger partial charge < -0.3 is 15.2 Å². The standard InChI is InChI=1S/C17H23F3N2O2/c1-16(2,3)22(15(23)24)10-8-14(9-11-22)21-13-6-4-12(5-7-13)17(18,19)20/h4-7,14,21H,8-11H2,1-3H3. The van der Waals surface area contributed by atoms with E-state index in [9.17, 15) is 23.1 Å². The first-order chi connectivity index (χ1) is 11.0. The summed E-state index contributed by atoms with van der Waals surface area (Å²) in [5.74, 6) is 0. The predicted octanol–water partition coefficient (Wildman–Crippen LogP) is 3.24. The van der Waals surface area contributed by atoms with E-state index in [0.717, 1.165) is 12.1 Å². The highest BCUT2D eigenvalue weighted by molar-refractivity contribution is 5.55. The van der Waals surface area contributed by atoms with Crippen LogP contribution in [0.5, 0.6) is 0 Å². The van der Waals surface area contributed by atoms with Crippen LogP contribution in [0, 0.1) is 0 Å². The summed E-state index contributed by atoms with van der Waals surface area (Å²) in [6.07, 6.45) is -4.18. The van der Waals surface area contributed by atoms with E-state index in [4.69, 9.17) is 0 Å². The first-order valence-corrected chi connectivity index (χ1v) is 7.98. The number of halogens is 3. The summed E-state index contributed by atoms with van der Waals surface area (Å²) in [6, 6.07) is 4.93. The van der Waals surface area contributed by atoms with Gasteiger partial charge in [-0.1, -0.05) is 0 Å². The lowest BCUT2D eigenvalue weighted by molar-refractivity contribution is -0.923. The number of piperidine rings is 1. The average molecular weight is 344 g/mol. The smallest absolute Gasteiger partial charge is 0.416 e. The molecule has 1 aliphatic heterocycles. The molecular formula is C17H23F3N2O2. The molecule has 1 N–H and O–H groups in total. The number of nitrogens with one attached hydrogen (secondary N) is 1. The van der Waals surface area contributed by atoms with E-state index in [1.165, 1.54) is 12.1 Å². The van der Waals surface area contributed by atoms with Gasteiger partial charge in [-0.3, -0.25) is 4.48 Å². The Morgan fingerprint density at radius 3 is 2.00 bits per heavy atom. The number of anilines is 1. The van der Waals surface area contributed by atoms with Crippen molar-refractivity contribution in [3.05, 3.63) is 29.8 Å². The van der Waals surface area contributed by atoms with E-state index in [-0.39, 0.29) is 10.5 Å². The summed E-state index contributed by atoms with van der Waals surface area (Å²) in [4.78, 5) is 11.7. The maximum absolute atomic E-state index is 12.6. The summed E-state index contributed by atoms with van der Waals surface area (Å²) in [5, 5.41) is 14.9. The van der Waals surface area contributed by atoms with Crippen molar-refractivity contribution >= 4 is 11.8 Å². The molecule has 134 valence electrons. The van der Waals surface area contributed by atoms with Crippen LogP contribution in [0.1, 0.15) is 39.2 Å². The number of carboxylic acid groups (broad SMARTS) is 1. The van der Waals surface area contributed by atoms with Crippen LogP contribution in [0.15, 0.2) is 24.3 Å². The number of benzene rings is 1. The quantitative estimate of drug-likeness (QED) is 0.838. The molecular weight excluding hydrogens is 321 g/mol. The summed E-state index contributed by atoms with van der Waals surface area (Å²) in [5.41, 5.74) is -0.535. The van der Waals surface area contributed by atoms with Gasteiger partial charge in [0.05, 0.1) is 24.2 Å². The van der Waals surface area contributed by atoms with Gasteiger partial charge in [0.2, 0.25) is 0 Å². The Kier molecular flexibility index (Phi) is 4.86. The maximum Gasteiger partial charge on any atom is 0.416 e. The molecule has 0 saturated carbocycles. The Labute approximate surface area is 139 Å². The number of alkyl halides is 3. The molecule has 1 aliphatic rings. The number of rotatable bonds is 2. The summed E-state index contributed by atoms with van der Waals surface area (Å²) in [6.45, 7) is 6.51. The zero-order valence-corrected chi connectivity index (χ0v) is 14.1. The van der Waals surface area contributed by atoms with Gasteiger partial charge in [-0.05, 0) is 45.0 Å². The molecule has 1 fully saturated rings. The second-order valence-electron chi connectivity index (χ2n) is 7.35. The number of likely N-dealkylation sites (tertiary alicyclic amines) is 1. The second kappa shape index (κ2) is 6.27. The SMILES string of the molecule is CC(C)(C)[N+]1(C(=O)[O-])CCC(Nc2ccc(C(F)(F)F)cc2)CC1. The maximum atomic E-state index is 12.6. The number of nitrogens with zero attached hydrogens (tertiary/aromatic N) is 1. The van der Waals surface area contributed by atoms with Gasteiger partial charge in [-0.2, -0.15) is 13.2 Å². The lowest BCUT2D eigenvalue weighted by atomic mass is 9.93. The lowest BCUT2D eigenvalue weighted by Crippen LogP contribution is -2.70. The van der Waals surface area contributed by atoms with E-state index in [1.54, 1.807) is 0 Å². The second-order valence-corrected chi connectivity index (χ2v) is 7.35. The Bertz CT molecular complexity index is 583. The molecule has 0 atom stereocenters. The van der Waals surface area contributed by atoms with Gasteiger partial charge >= 0.3 is 6.18 Å². The highest BCUT2D eigenvalue weighted by Crippen LogP contribution is 2.32. The zero-order valence-electron chi connectivity index (χ0n) is 14.1. The van der Waals surface area contributed by atoms with Crippen molar-refractivity contribution in [3.63, 3.8) is 0 Å². The van der Waals surface area contributed by atoms with Gasteiger partial charge in [0, 0.05) is 24.6 Å². The molecule has 0 radical (unpaired) electrons. The summed E-state index contributed by atoms with van der Waals surface area (Å²) < 4.78 is 37.6. The molecule has 1 saturated heterocycles. The van der Waals surface area contributed by atoms with Gasteiger partial charge in [-0.25, -0.2) is 0 Å². The number of carbonyl (C=O) groups excluding carboxylic acids is 1. The third kappa shape index (κ3) is 3.66. The van der Waals surface area contributed by atoms with Crippen LogP contribution in [-0.4, -0.2) is 35.2 Å². The number of hydrogen-bond acceptors (Lipinski definition) is 3. The van der Waals surface area contributed by atoms with Crippen LogP contribution in [0.25, 0.3) is 0 Å². The fourth-order valence-corrected chi connectivity index (χ4v) is 3.27. The monoisotopic (exact) mass is 344 g/mol. The minimum atomic E-state index is -4.35. The molecule has 24 heavy (non-hydrogen) atoms. The van der Waals surface area contributed by atoms with Gasteiger partial charge in [0.25, 0.3) is 6.09 Å². The fraction of sp³-hybridized carbons (Fsp3) is 0.588. The number of amides is 1. The molecule has 1 aromatic rings. The highest BCUT2D eigenvalue weighted by Gasteiger charge is 2.45. The Hall–Kier alpha value is -1.76. The third-order valence-corrected chi connectivity index (χ3v) is 4.94. The van der Waals surface area contributed by atoms with Crippen LogP contribution < -0.4 is 10.4 Å². The topological polar surface area (TPSA) is 52.2 Å². The molecule has 0 bridgehead atoms. The van der Waals surface area contributed by atoms with E-state index in [2.05, 4.69) is 5.32 Å². The van der Waals surface area contributed by atoms with Crippen LogP contribution in [-0.2, 0) is 6.18 Å². The van der Waals surface area contributed by atoms with Crippen LogP contribution >= 0.6 is 0 Å². The molecule has 0 aliphatic carbocycles. The largest absolute Gasteiger partial charge is 0.498 e. The first-order valence-electron chi connectivity index (χ1n) is 7.98. The van der Waals surface area contributed by atoms with Gasteiger partial charge in [0.15, 0.2) is 0 Å². The van der Waals surface area contributed by atoms with Crippen LogP contribution in [0.3, 0.4) is 0 Å². The molecule has 7 heteroatoms. The van der Waals surface area contributed by atoms with Crippen molar-refractivity contribution in [1.29, 1.82) is 0 Å². The van der Waals surface area contributed by atoms with Crippen molar-refractivity contribution < 1.29 is 27.6 Å². The highest BCUT2D eigenvalue weighted by atomic mass is 19.4. The molecule has 0 unspecified atom stereocenters. The van der Waals surface area contributed by atoms with E-state index in [1.807, 2.05) is 20.8 Å². The van der Waals surface area contributed by atoms with Gasteiger partial charge in [0.1, 0.15) is 0 Å². The molecule has 2 rings (SSSR count). The number of hydrogen-bond donors (Lipinski definition) is 1. The molecule has 0 spiro atoms. The summed E-state index contributed by atoms with van der Waals surface area (Å²) in [7, 11) is 0. The Morgan fingerprint density at radius 1 is 1.12 bits per heavy atom. The van der Waals surface area contributed by atoms with E-state index in [0.29, 0.717) is 31.6 Å². The third-order valence-electron chi connectivity index (χ3n) is 4.94. The summed E-state index contributed by atoms with van der Waals surface area (Å²) >= 11 is 0. The molecule has 1 heterocycles. The molecule has 1 aromatic carbocycles. The van der Waals surface area contributed by atoms with Crippen molar-refractivity contribution in [2.24, 2.45) is 0 Å². The van der Waals surface area contributed by atoms with Crippen molar-refractivity contribution in [2.45, 2.75) is 51.4 Å². The van der Waals surface area contributed by atoms with Crippen LogP contribution in [0.4, 0.5) is 23.7 Å². The van der Waals surface area contributed by atoms with Crippen molar-refractivity contribution in [2.75, 3.05) is 18.4 Å². The van der Waals surface area contributed by atoms with E-state index >= 15 is 0 Å². The minimum Gasteiger partial charge on any atom is -0.498 e. The average Bonchev–Trinajstić information content (AvgIpc) is 2.46. The fourth-order valence-electron chi connectivity index (χ4n) is 3.27. The van der Waals surface area contributed by atoms with E-state index < -0.39 is 23.4 Å². The van der Waals surface area contributed by atoms with Gasteiger partial charge in [-0.15, -0.1) is 0 Å².